The third-order valence-corrected chi connectivity index (χ3v) is 2.21. The molecule has 0 saturated carbocycles. The zero-order valence-electron chi connectivity index (χ0n) is 9.58. The van der Waals surface area contributed by atoms with E-state index in [4.69, 9.17) is 10.5 Å². The lowest BCUT2D eigenvalue weighted by atomic mass is 9.99. The molecule has 88 valence electrons. The summed E-state index contributed by atoms with van der Waals surface area (Å²) in [5.41, 5.74) is 4.99. The molecule has 3 N–H and O–H groups in total. The number of esters is 1. The summed E-state index contributed by atoms with van der Waals surface area (Å²) in [6, 6.07) is -1.34. The van der Waals surface area contributed by atoms with Crippen molar-refractivity contribution in [2.24, 2.45) is 11.7 Å². The molecule has 0 rings (SSSR count). The van der Waals surface area contributed by atoms with Gasteiger partial charge in [0.15, 0.2) is 0 Å². The smallest absolute Gasteiger partial charge is 0.328 e. The van der Waals surface area contributed by atoms with Crippen molar-refractivity contribution in [2.45, 2.75) is 39.7 Å². The van der Waals surface area contributed by atoms with E-state index in [2.05, 4.69) is 5.32 Å². The predicted molar refractivity (Wildman–Crippen MR) is 57.2 cm³/mol. The third-order valence-electron chi connectivity index (χ3n) is 2.21. The highest BCUT2D eigenvalue weighted by Crippen LogP contribution is 2.09. The molecule has 0 aromatic rings. The van der Waals surface area contributed by atoms with Gasteiger partial charge in [0.05, 0.1) is 6.61 Å². The van der Waals surface area contributed by atoms with Crippen LogP contribution in [0.5, 0.6) is 0 Å². The molecule has 2 atom stereocenters. The Morgan fingerprint density at radius 3 is 2.40 bits per heavy atom. The monoisotopic (exact) mass is 216 g/mol. The first-order valence-electron chi connectivity index (χ1n) is 5.25. The lowest BCUT2D eigenvalue weighted by Gasteiger charge is -2.21. The van der Waals surface area contributed by atoms with Gasteiger partial charge in [-0.2, -0.15) is 0 Å². The van der Waals surface area contributed by atoms with Crippen molar-refractivity contribution in [3.63, 3.8) is 0 Å². The minimum atomic E-state index is -0.700. The topological polar surface area (TPSA) is 81.4 Å². The van der Waals surface area contributed by atoms with Crippen LogP contribution in [-0.4, -0.2) is 24.6 Å². The molecular weight excluding hydrogens is 196 g/mol. The van der Waals surface area contributed by atoms with Crippen LogP contribution >= 0.6 is 0 Å². The molecule has 15 heavy (non-hydrogen) atoms. The normalized spacial score (nSPS) is 14.1. The number of hydrogen-bond donors (Lipinski definition) is 2. The van der Waals surface area contributed by atoms with Crippen molar-refractivity contribution in [1.29, 1.82) is 0 Å². The number of nitrogens with two attached hydrogens (primary N) is 1. The van der Waals surface area contributed by atoms with Crippen LogP contribution in [-0.2, 0) is 9.53 Å². The minimum absolute atomic E-state index is 0.0156. The van der Waals surface area contributed by atoms with Gasteiger partial charge in [0.2, 0.25) is 0 Å². The van der Waals surface area contributed by atoms with Crippen molar-refractivity contribution in [1.82, 2.24) is 5.32 Å². The fourth-order valence-corrected chi connectivity index (χ4v) is 1.11. The molecule has 2 amide bonds. The maximum Gasteiger partial charge on any atom is 0.328 e. The Hall–Kier alpha value is -1.26. The summed E-state index contributed by atoms with van der Waals surface area (Å²) in [5, 5.41) is 2.40. The van der Waals surface area contributed by atoms with E-state index in [9.17, 15) is 9.59 Å². The van der Waals surface area contributed by atoms with Crippen LogP contribution in [0.1, 0.15) is 33.6 Å². The molecule has 0 spiro atoms. The molecule has 0 aromatic carbocycles. The number of primary amides is 1. The summed E-state index contributed by atoms with van der Waals surface area (Å²) in [7, 11) is 0. The van der Waals surface area contributed by atoms with Crippen molar-refractivity contribution >= 4 is 12.0 Å². The van der Waals surface area contributed by atoms with Gasteiger partial charge in [-0.05, 0) is 12.3 Å². The fraction of sp³-hybridized carbons (Fsp3) is 0.800. The Balaban J connectivity index is 4.33. The van der Waals surface area contributed by atoms with Crippen molar-refractivity contribution in [3.05, 3.63) is 0 Å². The zero-order valence-corrected chi connectivity index (χ0v) is 9.58. The highest BCUT2D eigenvalue weighted by atomic mass is 16.5. The molecule has 0 fully saturated rings. The summed E-state index contributed by atoms with van der Waals surface area (Å²) in [6.45, 7) is 6.08. The van der Waals surface area contributed by atoms with Crippen LogP contribution in [0.3, 0.4) is 0 Å². The second-order valence-corrected chi connectivity index (χ2v) is 3.54. The SMILES string of the molecule is CCCOC(=O)[C@H](NC(N)=O)[C@H](C)CC. The summed E-state index contributed by atoms with van der Waals surface area (Å²) in [5.74, 6) is -0.396. The second-order valence-electron chi connectivity index (χ2n) is 3.54. The van der Waals surface area contributed by atoms with E-state index in [1.165, 1.54) is 0 Å². The van der Waals surface area contributed by atoms with E-state index >= 15 is 0 Å². The Morgan fingerprint density at radius 1 is 1.40 bits per heavy atom. The summed E-state index contributed by atoms with van der Waals surface area (Å²) >= 11 is 0. The summed E-state index contributed by atoms with van der Waals surface area (Å²) in [4.78, 5) is 22.3. The Morgan fingerprint density at radius 2 is 2.00 bits per heavy atom. The third kappa shape index (κ3) is 5.24. The summed E-state index contributed by atoms with van der Waals surface area (Å²) < 4.78 is 4.97. The molecule has 0 aromatic heterocycles. The van der Waals surface area contributed by atoms with E-state index in [0.717, 1.165) is 12.8 Å². The lowest BCUT2D eigenvalue weighted by molar-refractivity contribution is -0.147. The number of ether oxygens (including phenoxy) is 1. The number of amides is 2. The molecule has 0 saturated heterocycles. The molecule has 0 aliphatic heterocycles. The van der Waals surface area contributed by atoms with Crippen molar-refractivity contribution in [2.75, 3.05) is 6.61 Å². The fourth-order valence-electron chi connectivity index (χ4n) is 1.11. The van der Waals surface area contributed by atoms with Crippen LogP contribution in [0.4, 0.5) is 4.79 Å². The molecule has 0 radical (unpaired) electrons. The van der Waals surface area contributed by atoms with Gasteiger partial charge in [0, 0.05) is 0 Å². The number of rotatable bonds is 6. The van der Waals surface area contributed by atoms with Crippen LogP contribution < -0.4 is 11.1 Å². The van der Waals surface area contributed by atoms with Gasteiger partial charge in [-0.15, -0.1) is 0 Å². The standard InChI is InChI=1S/C10H20N2O3/c1-4-6-15-9(13)8(7(3)5-2)12-10(11)14/h7-8H,4-6H2,1-3H3,(H3,11,12,14)/t7-,8-/m1/s1. The maximum absolute atomic E-state index is 11.5. The maximum atomic E-state index is 11.5. The Bertz CT molecular complexity index is 219. The average Bonchev–Trinajstić information content (AvgIpc) is 2.21. The molecule has 5 heteroatoms. The van der Waals surface area contributed by atoms with Crippen molar-refractivity contribution < 1.29 is 14.3 Å². The lowest BCUT2D eigenvalue weighted by Crippen LogP contribution is -2.48. The van der Waals surface area contributed by atoms with Gasteiger partial charge in [-0.3, -0.25) is 0 Å². The van der Waals surface area contributed by atoms with E-state index in [-0.39, 0.29) is 5.92 Å². The van der Waals surface area contributed by atoms with Crippen molar-refractivity contribution in [3.8, 4) is 0 Å². The van der Waals surface area contributed by atoms with E-state index < -0.39 is 18.0 Å². The quantitative estimate of drug-likeness (QED) is 0.650. The highest BCUT2D eigenvalue weighted by molar-refractivity contribution is 5.82. The second kappa shape index (κ2) is 7.09. The number of carbonyl (C=O) groups excluding carboxylic acids is 2. The first kappa shape index (κ1) is 13.7. The molecule has 0 bridgehead atoms. The van der Waals surface area contributed by atoms with Gasteiger partial charge < -0.3 is 15.8 Å². The first-order chi connectivity index (χ1) is 7.02. The van der Waals surface area contributed by atoms with Crippen LogP contribution in [0.25, 0.3) is 0 Å². The predicted octanol–water partition coefficient (Wildman–Crippen LogP) is 1.02. The largest absolute Gasteiger partial charge is 0.464 e. The Kier molecular flexibility index (Phi) is 6.49. The summed E-state index contributed by atoms with van der Waals surface area (Å²) in [6.07, 6.45) is 1.53. The van der Waals surface area contributed by atoms with Crippen LogP contribution in [0, 0.1) is 5.92 Å². The number of urea groups is 1. The zero-order chi connectivity index (χ0) is 11.8. The van der Waals surface area contributed by atoms with Gasteiger partial charge in [0.25, 0.3) is 0 Å². The van der Waals surface area contributed by atoms with Crippen LogP contribution in [0.2, 0.25) is 0 Å². The van der Waals surface area contributed by atoms with Gasteiger partial charge >= 0.3 is 12.0 Å². The van der Waals surface area contributed by atoms with Crippen LogP contribution in [0.15, 0.2) is 0 Å². The number of hydrogen-bond acceptors (Lipinski definition) is 3. The molecule has 0 aliphatic rings. The Labute approximate surface area is 90.4 Å². The minimum Gasteiger partial charge on any atom is -0.464 e. The van der Waals surface area contributed by atoms with E-state index in [0.29, 0.717) is 6.61 Å². The first-order valence-corrected chi connectivity index (χ1v) is 5.25. The van der Waals surface area contributed by atoms with Gasteiger partial charge in [-0.1, -0.05) is 27.2 Å². The van der Waals surface area contributed by atoms with Gasteiger partial charge in [0.1, 0.15) is 6.04 Å². The number of nitrogens with one attached hydrogen (secondary N) is 1. The molecule has 0 unspecified atom stereocenters. The highest BCUT2D eigenvalue weighted by Gasteiger charge is 2.26. The van der Waals surface area contributed by atoms with Gasteiger partial charge in [-0.25, -0.2) is 9.59 Å². The molecule has 0 aliphatic carbocycles. The molecule has 5 nitrogen and oxygen atoms in total. The average molecular weight is 216 g/mol. The van der Waals surface area contributed by atoms with E-state index in [1.807, 2.05) is 20.8 Å². The van der Waals surface area contributed by atoms with E-state index in [1.54, 1.807) is 0 Å². The molecular formula is C10H20N2O3. The number of carbonyl (C=O) groups is 2. The molecule has 0 heterocycles.